The first-order valence-corrected chi connectivity index (χ1v) is 9.56. The van der Waals surface area contributed by atoms with Crippen molar-refractivity contribution in [1.82, 2.24) is 0 Å². The van der Waals surface area contributed by atoms with Crippen molar-refractivity contribution in [2.24, 2.45) is 0 Å². The average Bonchev–Trinajstić information content (AvgIpc) is 2.79. The molecule has 0 fully saturated rings. The van der Waals surface area contributed by atoms with E-state index in [1.165, 1.54) is 29.2 Å². The summed E-state index contributed by atoms with van der Waals surface area (Å²) in [7, 11) is -1.68. The number of rotatable bonds is 3. The Morgan fingerprint density at radius 1 is 1.00 bits per heavy atom. The van der Waals surface area contributed by atoms with Crippen LogP contribution in [0.15, 0.2) is 76.5 Å². The van der Waals surface area contributed by atoms with Crippen LogP contribution >= 0.6 is 0 Å². The van der Waals surface area contributed by atoms with Crippen molar-refractivity contribution < 1.29 is 23.3 Å². The Morgan fingerprint density at radius 3 is 2.46 bits per heavy atom. The molecule has 1 heterocycles. The van der Waals surface area contributed by atoms with E-state index in [9.17, 15) is 23.3 Å². The van der Waals surface area contributed by atoms with E-state index in [1.54, 1.807) is 42.5 Å². The third-order valence-corrected chi connectivity index (χ3v) is 6.05. The molecule has 0 saturated heterocycles. The van der Waals surface area contributed by atoms with Gasteiger partial charge in [0.1, 0.15) is 5.82 Å². The Kier molecular flexibility index (Phi) is 4.52. The Bertz CT molecular complexity index is 1140. The lowest BCUT2D eigenvalue weighted by molar-refractivity contribution is 0.0696. The summed E-state index contributed by atoms with van der Waals surface area (Å²) in [5.41, 5.74) is 0.661. The molecule has 140 valence electrons. The van der Waals surface area contributed by atoms with Crippen LogP contribution in [0.3, 0.4) is 0 Å². The quantitative estimate of drug-likeness (QED) is 0.731. The third-order valence-electron chi connectivity index (χ3n) is 4.55. The second-order valence-corrected chi connectivity index (χ2v) is 7.65. The maximum absolute atomic E-state index is 14.2. The van der Waals surface area contributed by atoms with Crippen molar-refractivity contribution in [2.75, 3.05) is 4.90 Å². The van der Waals surface area contributed by atoms with Crippen LogP contribution in [0, 0.1) is 5.82 Å². The van der Waals surface area contributed by atoms with Crippen molar-refractivity contribution in [3.05, 3.63) is 89.2 Å². The maximum Gasteiger partial charge on any atom is 0.335 e. The molecule has 1 amide bonds. The number of carbonyl (C=O) groups is 2. The molecule has 0 aliphatic carbocycles. The molecule has 0 saturated carbocycles. The Balaban J connectivity index is 1.95. The lowest BCUT2D eigenvalue weighted by Crippen LogP contribution is -2.31. The minimum Gasteiger partial charge on any atom is -0.478 e. The predicted octanol–water partition coefficient (Wildman–Crippen LogP) is 3.85. The molecule has 0 unspecified atom stereocenters. The molecule has 7 heteroatoms. The van der Waals surface area contributed by atoms with Gasteiger partial charge in [0, 0.05) is 5.56 Å². The number of nitrogens with zero attached hydrogens (tertiary/aromatic N) is 1. The zero-order valence-electron chi connectivity index (χ0n) is 14.5. The van der Waals surface area contributed by atoms with Crippen LogP contribution < -0.4 is 4.90 Å². The summed E-state index contributed by atoms with van der Waals surface area (Å²) in [4.78, 5) is 26.6. The fraction of sp³-hybridized carbons (Fsp3) is 0.0476. The van der Waals surface area contributed by atoms with Gasteiger partial charge in [-0.1, -0.05) is 30.3 Å². The molecule has 28 heavy (non-hydrogen) atoms. The van der Waals surface area contributed by atoms with Crippen molar-refractivity contribution in [3.8, 4) is 0 Å². The number of halogens is 1. The first-order valence-electron chi connectivity index (χ1n) is 8.41. The molecule has 0 radical (unpaired) electrons. The van der Waals surface area contributed by atoms with E-state index in [-0.39, 0.29) is 28.9 Å². The normalized spacial score (nSPS) is 15.5. The van der Waals surface area contributed by atoms with Gasteiger partial charge < -0.3 is 10.0 Å². The van der Waals surface area contributed by atoms with Crippen LogP contribution in [-0.4, -0.2) is 21.2 Å². The van der Waals surface area contributed by atoms with Crippen LogP contribution in [-0.2, 0) is 17.3 Å². The van der Waals surface area contributed by atoms with Crippen molar-refractivity contribution in [2.45, 2.75) is 16.3 Å². The summed E-state index contributed by atoms with van der Waals surface area (Å²) in [6.07, 6.45) is 0. The van der Waals surface area contributed by atoms with Crippen LogP contribution in [0.4, 0.5) is 10.1 Å². The van der Waals surface area contributed by atoms with Gasteiger partial charge in [0.15, 0.2) is 0 Å². The number of carboxylic acids is 1. The molecule has 5 nitrogen and oxygen atoms in total. The Labute approximate surface area is 162 Å². The molecule has 1 aliphatic rings. The number of aromatic carboxylic acids is 1. The first kappa shape index (κ1) is 18.1. The minimum absolute atomic E-state index is 0.0481. The summed E-state index contributed by atoms with van der Waals surface area (Å²) in [5, 5.41) is 9.34. The van der Waals surface area contributed by atoms with E-state index in [4.69, 9.17) is 0 Å². The van der Waals surface area contributed by atoms with Gasteiger partial charge in [-0.3, -0.25) is 4.79 Å². The van der Waals surface area contributed by atoms with E-state index in [0.29, 0.717) is 9.79 Å². The molecule has 0 aromatic heterocycles. The van der Waals surface area contributed by atoms with Gasteiger partial charge in [-0.2, -0.15) is 0 Å². The van der Waals surface area contributed by atoms with Gasteiger partial charge in [0.05, 0.1) is 43.9 Å². The summed E-state index contributed by atoms with van der Waals surface area (Å²) in [5.74, 6) is -2.12. The Hall–Kier alpha value is -3.32. The highest BCUT2D eigenvalue weighted by atomic mass is 32.2. The standard InChI is InChI=1S/C21H14FNO4S/c22-16-7-3-1-5-14(16)12-23-17-11-13(21(25)26)9-10-19(17)28(27)18-8-4-2-6-15(18)20(23)24/h1-11H,12H2,(H,25,26)/t28-/m0/s1. The smallest absolute Gasteiger partial charge is 0.335 e. The van der Waals surface area contributed by atoms with Gasteiger partial charge in [0.25, 0.3) is 5.91 Å². The van der Waals surface area contributed by atoms with E-state index in [1.807, 2.05) is 0 Å². The van der Waals surface area contributed by atoms with Gasteiger partial charge in [-0.25, -0.2) is 13.4 Å². The number of carbonyl (C=O) groups excluding carboxylic acids is 1. The lowest BCUT2D eigenvalue weighted by atomic mass is 10.1. The van der Waals surface area contributed by atoms with Crippen LogP contribution in [0.2, 0.25) is 0 Å². The number of hydrogen-bond acceptors (Lipinski definition) is 3. The molecule has 1 atom stereocenters. The number of benzene rings is 3. The van der Waals surface area contributed by atoms with E-state index >= 15 is 0 Å². The second kappa shape index (κ2) is 7.01. The van der Waals surface area contributed by atoms with Crippen LogP contribution in [0.25, 0.3) is 0 Å². The van der Waals surface area contributed by atoms with Gasteiger partial charge in [-0.05, 0) is 36.4 Å². The van der Waals surface area contributed by atoms with Crippen LogP contribution in [0.5, 0.6) is 0 Å². The molecule has 4 rings (SSSR count). The highest BCUT2D eigenvalue weighted by Gasteiger charge is 2.31. The zero-order valence-corrected chi connectivity index (χ0v) is 15.3. The summed E-state index contributed by atoms with van der Waals surface area (Å²) in [6, 6.07) is 16.6. The highest BCUT2D eigenvalue weighted by molar-refractivity contribution is 7.85. The minimum atomic E-state index is -1.68. The Morgan fingerprint density at radius 2 is 1.71 bits per heavy atom. The van der Waals surface area contributed by atoms with E-state index in [2.05, 4.69) is 0 Å². The first-order chi connectivity index (χ1) is 13.5. The number of hydrogen-bond donors (Lipinski definition) is 1. The monoisotopic (exact) mass is 395 g/mol. The number of fused-ring (bicyclic) bond motifs is 2. The lowest BCUT2D eigenvalue weighted by Gasteiger charge is -2.23. The molecule has 1 aliphatic heterocycles. The summed E-state index contributed by atoms with van der Waals surface area (Å²) < 4.78 is 27.4. The highest BCUT2D eigenvalue weighted by Crippen LogP contribution is 2.36. The molecular weight excluding hydrogens is 381 g/mol. The van der Waals surface area contributed by atoms with Crippen molar-refractivity contribution in [1.29, 1.82) is 0 Å². The second-order valence-electron chi connectivity index (χ2n) is 6.24. The fourth-order valence-corrected chi connectivity index (χ4v) is 4.50. The predicted molar refractivity (Wildman–Crippen MR) is 101 cm³/mol. The topological polar surface area (TPSA) is 74.7 Å². The van der Waals surface area contributed by atoms with Gasteiger partial charge >= 0.3 is 5.97 Å². The van der Waals surface area contributed by atoms with E-state index < -0.39 is 28.5 Å². The zero-order chi connectivity index (χ0) is 19.8. The van der Waals surface area contributed by atoms with E-state index in [0.717, 1.165) is 0 Å². The fourth-order valence-electron chi connectivity index (χ4n) is 3.15. The number of anilines is 1. The molecule has 1 N–H and O–H groups in total. The average molecular weight is 395 g/mol. The third kappa shape index (κ3) is 2.99. The maximum atomic E-state index is 14.2. The van der Waals surface area contributed by atoms with Gasteiger partial charge in [-0.15, -0.1) is 0 Å². The molecule has 0 spiro atoms. The van der Waals surface area contributed by atoms with Crippen molar-refractivity contribution >= 4 is 28.4 Å². The molecule has 3 aromatic carbocycles. The summed E-state index contributed by atoms with van der Waals surface area (Å²) >= 11 is 0. The van der Waals surface area contributed by atoms with Crippen molar-refractivity contribution in [3.63, 3.8) is 0 Å². The molecule has 3 aromatic rings. The SMILES string of the molecule is O=C(O)c1ccc2c(c1)N(Cc1ccccc1F)C(=O)c1ccccc1[S@@]2=O. The van der Waals surface area contributed by atoms with Gasteiger partial charge in [0.2, 0.25) is 0 Å². The largest absolute Gasteiger partial charge is 0.478 e. The number of carboxylic acid groups (broad SMARTS) is 1. The number of amides is 1. The molecular formula is C21H14FNO4S. The molecule has 0 bridgehead atoms. The summed E-state index contributed by atoms with van der Waals surface area (Å²) in [6.45, 7) is -0.118. The van der Waals surface area contributed by atoms with Crippen LogP contribution in [0.1, 0.15) is 26.3 Å².